The Hall–Kier alpha value is -2.37. The van der Waals surface area contributed by atoms with E-state index in [1.807, 2.05) is 6.20 Å². The van der Waals surface area contributed by atoms with E-state index >= 15 is 0 Å². The lowest BCUT2D eigenvalue weighted by Crippen LogP contribution is -2.27. The number of rotatable bonds is 15. The van der Waals surface area contributed by atoms with Crippen LogP contribution < -0.4 is 0 Å². The number of hydrogen-bond acceptors (Lipinski definition) is 9. The number of ether oxygens (including phenoxy) is 4. The Balaban J connectivity index is 1.64. The second kappa shape index (κ2) is 13.4. The van der Waals surface area contributed by atoms with Gasteiger partial charge in [-0.05, 0) is 5.92 Å². The smallest absolute Gasteiger partial charge is 0.313 e. The van der Waals surface area contributed by atoms with Gasteiger partial charge in [-0.25, -0.2) is 9.36 Å². The lowest BCUT2D eigenvalue weighted by atomic mass is 9.93. The number of methoxy groups -OCH3 is 1. The summed E-state index contributed by atoms with van der Waals surface area (Å²) in [6.45, 7) is 14.0. The third-order valence-corrected chi connectivity index (χ3v) is 4.70. The van der Waals surface area contributed by atoms with E-state index in [1.165, 1.54) is 7.11 Å². The van der Waals surface area contributed by atoms with Gasteiger partial charge in [0, 0.05) is 18.2 Å². The molecule has 0 radical (unpaired) electrons. The fraction of sp³-hybridized carbons (Fsp3) is 0.773. The van der Waals surface area contributed by atoms with Crippen molar-refractivity contribution in [2.45, 2.75) is 59.7 Å². The third-order valence-electron chi connectivity index (χ3n) is 4.70. The first-order valence-electron chi connectivity index (χ1n) is 11.3. The molecule has 0 saturated heterocycles. The van der Waals surface area contributed by atoms with E-state index in [0.717, 1.165) is 5.69 Å². The minimum atomic E-state index is -0.471. The minimum absolute atomic E-state index is 0.0185. The summed E-state index contributed by atoms with van der Waals surface area (Å²) in [7, 11) is 1.36. The summed E-state index contributed by atoms with van der Waals surface area (Å²) in [6.07, 6.45) is 3.76. The van der Waals surface area contributed by atoms with Gasteiger partial charge in [-0.3, -0.25) is 4.79 Å². The van der Waals surface area contributed by atoms with E-state index in [0.29, 0.717) is 44.5 Å². The SMILES string of the molecule is COC(=O)C(COCc1cn(CCOCCn2cc(C(C)(C)C)nn2)nn1)COCC(C)C. The zero-order valence-electron chi connectivity index (χ0n) is 20.7. The first kappa shape index (κ1) is 26.9. The van der Waals surface area contributed by atoms with Gasteiger partial charge in [-0.1, -0.05) is 45.0 Å². The first-order valence-corrected chi connectivity index (χ1v) is 11.3. The van der Waals surface area contributed by atoms with Crippen LogP contribution in [0.1, 0.15) is 46.0 Å². The standard InChI is InChI=1S/C22H38N6O5/c1-17(2)13-32-14-18(21(29)30-6)15-33-16-19-11-27(25-23-19)7-9-31-10-8-28-12-20(24-26-28)22(3,4)5/h11-12,17-18H,7-10,13-16H2,1-6H3. The summed E-state index contributed by atoms with van der Waals surface area (Å²) in [5.74, 6) is -0.422. The maximum absolute atomic E-state index is 11.9. The Morgan fingerprint density at radius 2 is 1.58 bits per heavy atom. The van der Waals surface area contributed by atoms with Crippen LogP contribution in [0, 0.1) is 11.8 Å². The van der Waals surface area contributed by atoms with Crippen molar-refractivity contribution in [3.05, 3.63) is 23.8 Å². The van der Waals surface area contributed by atoms with Gasteiger partial charge in [0.1, 0.15) is 11.6 Å². The molecule has 0 N–H and O–H groups in total. The summed E-state index contributed by atoms with van der Waals surface area (Å²) in [5.41, 5.74) is 1.62. The Kier molecular flexibility index (Phi) is 10.9. The molecule has 2 aromatic rings. The number of nitrogens with zero attached hydrogens (tertiary/aromatic N) is 6. The summed E-state index contributed by atoms with van der Waals surface area (Å²) in [6, 6.07) is 0. The van der Waals surface area contributed by atoms with Crippen LogP contribution in [0.2, 0.25) is 0 Å². The average molecular weight is 467 g/mol. The molecule has 0 aliphatic carbocycles. The van der Waals surface area contributed by atoms with Crippen LogP contribution >= 0.6 is 0 Å². The van der Waals surface area contributed by atoms with Gasteiger partial charge >= 0.3 is 5.97 Å². The molecule has 0 saturated carbocycles. The second-order valence-electron chi connectivity index (χ2n) is 9.37. The molecule has 1 unspecified atom stereocenters. The minimum Gasteiger partial charge on any atom is -0.469 e. The molecule has 11 heteroatoms. The van der Waals surface area contributed by atoms with Crippen LogP contribution in [0.25, 0.3) is 0 Å². The van der Waals surface area contributed by atoms with Crippen LogP contribution in [0.3, 0.4) is 0 Å². The van der Waals surface area contributed by atoms with E-state index in [2.05, 4.69) is 55.2 Å². The normalized spacial score (nSPS) is 12.9. The zero-order chi connectivity index (χ0) is 24.3. The molecule has 0 aromatic carbocycles. The molecule has 2 rings (SSSR count). The van der Waals surface area contributed by atoms with Gasteiger partial charge < -0.3 is 18.9 Å². The van der Waals surface area contributed by atoms with Crippen molar-refractivity contribution in [1.29, 1.82) is 0 Å². The van der Waals surface area contributed by atoms with Gasteiger partial charge in [0.2, 0.25) is 0 Å². The lowest BCUT2D eigenvalue weighted by molar-refractivity contribution is -0.150. The second-order valence-corrected chi connectivity index (χ2v) is 9.37. The number of hydrogen-bond donors (Lipinski definition) is 0. The molecule has 0 aliphatic rings. The van der Waals surface area contributed by atoms with Crippen molar-refractivity contribution >= 4 is 5.97 Å². The van der Waals surface area contributed by atoms with Gasteiger partial charge in [0.25, 0.3) is 0 Å². The van der Waals surface area contributed by atoms with Crippen LogP contribution in [-0.4, -0.2) is 76.1 Å². The maximum Gasteiger partial charge on any atom is 0.313 e. The third kappa shape index (κ3) is 9.97. The number of carbonyl (C=O) groups is 1. The summed E-state index contributed by atoms with van der Waals surface area (Å²) < 4.78 is 25.2. The van der Waals surface area contributed by atoms with Crippen LogP contribution in [-0.2, 0) is 48.9 Å². The predicted octanol–water partition coefficient (Wildman–Crippen LogP) is 1.86. The van der Waals surface area contributed by atoms with Gasteiger partial charge in [0.15, 0.2) is 0 Å². The number of esters is 1. The van der Waals surface area contributed by atoms with Gasteiger partial charge in [-0.15, -0.1) is 10.2 Å². The Morgan fingerprint density at radius 3 is 2.18 bits per heavy atom. The summed E-state index contributed by atoms with van der Waals surface area (Å²) in [4.78, 5) is 11.9. The van der Waals surface area contributed by atoms with Crippen LogP contribution in [0.5, 0.6) is 0 Å². The van der Waals surface area contributed by atoms with Crippen molar-refractivity contribution < 1.29 is 23.7 Å². The largest absolute Gasteiger partial charge is 0.469 e. The van der Waals surface area contributed by atoms with E-state index < -0.39 is 5.92 Å². The molecule has 0 amide bonds. The van der Waals surface area contributed by atoms with Crippen molar-refractivity contribution in [2.24, 2.45) is 11.8 Å². The van der Waals surface area contributed by atoms with E-state index in [9.17, 15) is 4.79 Å². The highest BCUT2D eigenvalue weighted by Crippen LogP contribution is 2.18. The Labute approximate surface area is 195 Å². The molecule has 186 valence electrons. The highest BCUT2D eigenvalue weighted by molar-refractivity contribution is 5.72. The monoisotopic (exact) mass is 466 g/mol. The Bertz CT molecular complexity index is 829. The first-order chi connectivity index (χ1) is 15.7. The molecule has 2 heterocycles. The summed E-state index contributed by atoms with van der Waals surface area (Å²) in [5, 5.41) is 16.5. The topological polar surface area (TPSA) is 115 Å². The van der Waals surface area contributed by atoms with E-state index in [1.54, 1.807) is 15.6 Å². The maximum atomic E-state index is 11.9. The molecular formula is C22H38N6O5. The quantitative estimate of drug-likeness (QED) is 0.286. The van der Waals surface area contributed by atoms with Crippen molar-refractivity contribution in [3.8, 4) is 0 Å². The van der Waals surface area contributed by atoms with E-state index in [-0.39, 0.29) is 31.2 Å². The molecule has 0 bridgehead atoms. The van der Waals surface area contributed by atoms with Crippen molar-refractivity contribution in [1.82, 2.24) is 30.0 Å². The fourth-order valence-corrected chi connectivity index (χ4v) is 2.79. The van der Waals surface area contributed by atoms with Crippen molar-refractivity contribution in [2.75, 3.05) is 40.1 Å². The summed E-state index contributed by atoms with van der Waals surface area (Å²) >= 11 is 0. The Morgan fingerprint density at radius 1 is 0.939 bits per heavy atom. The zero-order valence-corrected chi connectivity index (χ0v) is 20.7. The number of carbonyl (C=O) groups excluding carboxylic acids is 1. The highest BCUT2D eigenvalue weighted by Gasteiger charge is 2.20. The fourth-order valence-electron chi connectivity index (χ4n) is 2.79. The highest BCUT2D eigenvalue weighted by atomic mass is 16.5. The number of aromatic nitrogens is 6. The molecule has 1 atom stereocenters. The molecule has 0 aliphatic heterocycles. The molecule has 0 fully saturated rings. The molecule has 11 nitrogen and oxygen atoms in total. The average Bonchev–Trinajstić information content (AvgIpc) is 3.41. The van der Waals surface area contributed by atoms with Crippen LogP contribution in [0.4, 0.5) is 0 Å². The molecular weight excluding hydrogens is 428 g/mol. The van der Waals surface area contributed by atoms with Crippen molar-refractivity contribution in [3.63, 3.8) is 0 Å². The molecule has 2 aromatic heterocycles. The van der Waals surface area contributed by atoms with Gasteiger partial charge in [-0.2, -0.15) is 0 Å². The van der Waals surface area contributed by atoms with Gasteiger partial charge in [0.05, 0.1) is 65.1 Å². The van der Waals surface area contributed by atoms with E-state index in [4.69, 9.17) is 18.9 Å². The lowest BCUT2D eigenvalue weighted by Gasteiger charge is -2.15. The molecule has 33 heavy (non-hydrogen) atoms. The van der Waals surface area contributed by atoms with Crippen LogP contribution in [0.15, 0.2) is 12.4 Å². The predicted molar refractivity (Wildman–Crippen MR) is 120 cm³/mol. The molecule has 0 spiro atoms.